The van der Waals surface area contributed by atoms with Crippen molar-refractivity contribution in [1.82, 2.24) is 0 Å². The maximum absolute atomic E-state index is 10.9. The topological polar surface area (TPSA) is 46.5 Å². The molecule has 0 bridgehead atoms. The maximum atomic E-state index is 10.9. The summed E-state index contributed by atoms with van der Waals surface area (Å²) >= 11 is 0. The zero-order valence-electron chi connectivity index (χ0n) is 14.5. The third-order valence-corrected chi connectivity index (χ3v) is 3.76. The van der Waals surface area contributed by atoms with Crippen molar-refractivity contribution < 1.29 is 14.6 Å². The Balaban J connectivity index is 3.28. The van der Waals surface area contributed by atoms with Crippen LogP contribution in [0, 0.1) is 11.8 Å². The van der Waals surface area contributed by atoms with E-state index in [0.29, 0.717) is 6.42 Å². The van der Waals surface area contributed by atoms with Crippen LogP contribution < -0.4 is 0 Å². The Labute approximate surface area is 136 Å². The number of aliphatic hydroxyl groups is 1. The Morgan fingerprint density at radius 3 is 2.27 bits per heavy atom. The fourth-order valence-electron chi connectivity index (χ4n) is 2.32. The van der Waals surface area contributed by atoms with Gasteiger partial charge in [0, 0.05) is 12.8 Å². The number of carbonyl (C=O) groups is 1. The number of unbranched alkanes of at least 4 members (excludes halogenated alkanes) is 9. The van der Waals surface area contributed by atoms with E-state index in [1.54, 1.807) is 0 Å². The minimum absolute atomic E-state index is 0.101. The highest BCUT2D eigenvalue weighted by atomic mass is 16.5. The lowest BCUT2D eigenvalue weighted by atomic mass is 10.1. The third kappa shape index (κ3) is 15.4. The lowest BCUT2D eigenvalue weighted by Crippen LogP contribution is -2.01. The first-order valence-corrected chi connectivity index (χ1v) is 8.94. The number of rotatable bonds is 13. The van der Waals surface area contributed by atoms with Gasteiger partial charge >= 0.3 is 5.97 Å². The van der Waals surface area contributed by atoms with Gasteiger partial charge in [-0.25, -0.2) is 0 Å². The van der Waals surface area contributed by atoms with Crippen LogP contribution in [-0.4, -0.2) is 24.3 Å². The van der Waals surface area contributed by atoms with Crippen LogP contribution in [0.2, 0.25) is 0 Å². The Morgan fingerprint density at radius 1 is 1.00 bits per heavy atom. The molecule has 3 nitrogen and oxygen atoms in total. The average Bonchev–Trinajstić information content (AvgIpc) is 2.52. The molecule has 0 unspecified atom stereocenters. The molecule has 0 aliphatic heterocycles. The highest BCUT2D eigenvalue weighted by Crippen LogP contribution is 2.10. The van der Waals surface area contributed by atoms with Gasteiger partial charge in [-0.2, -0.15) is 0 Å². The smallest absolute Gasteiger partial charge is 0.305 e. The molecule has 0 amide bonds. The van der Waals surface area contributed by atoms with Gasteiger partial charge in [0.1, 0.15) is 6.10 Å². The van der Waals surface area contributed by atoms with Gasteiger partial charge in [-0.05, 0) is 25.7 Å². The average molecular weight is 310 g/mol. The summed E-state index contributed by atoms with van der Waals surface area (Å²) in [5.41, 5.74) is 0. The highest BCUT2D eigenvalue weighted by Gasteiger charge is 1.99. The molecule has 0 aromatic rings. The molecule has 22 heavy (non-hydrogen) atoms. The van der Waals surface area contributed by atoms with E-state index in [9.17, 15) is 9.90 Å². The Bertz CT molecular complexity index is 314. The van der Waals surface area contributed by atoms with Crippen LogP contribution in [0.15, 0.2) is 0 Å². The molecule has 0 rings (SSSR count). The number of methoxy groups -OCH3 is 1. The van der Waals surface area contributed by atoms with E-state index in [-0.39, 0.29) is 5.97 Å². The van der Waals surface area contributed by atoms with E-state index in [1.807, 2.05) is 0 Å². The van der Waals surface area contributed by atoms with Crippen LogP contribution in [0.1, 0.15) is 90.4 Å². The van der Waals surface area contributed by atoms with Crippen molar-refractivity contribution in [3.8, 4) is 11.8 Å². The van der Waals surface area contributed by atoms with Crippen LogP contribution in [0.5, 0.6) is 0 Å². The molecule has 128 valence electrons. The van der Waals surface area contributed by atoms with Crippen LogP contribution in [0.25, 0.3) is 0 Å². The van der Waals surface area contributed by atoms with E-state index in [1.165, 1.54) is 45.6 Å². The van der Waals surface area contributed by atoms with Gasteiger partial charge in [0.25, 0.3) is 0 Å². The van der Waals surface area contributed by atoms with Crippen LogP contribution in [0.3, 0.4) is 0 Å². The number of hydrogen-bond acceptors (Lipinski definition) is 3. The molecule has 1 N–H and O–H groups in total. The zero-order chi connectivity index (χ0) is 16.5. The van der Waals surface area contributed by atoms with Crippen molar-refractivity contribution in [2.75, 3.05) is 7.11 Å². The SMILES string of the molecule is CCCCC[C@@H](O)C#CCCCCCCCCCC(=O)OC. The van der Waals surface area contributed by atoms with Crippen LogP contribution in [0.4, 0.5) is 0 Å². The summed E-state index contributed by atoms with van der Waals surface area (Å²) in [6, 6.07) is 0. The summed E-state index contributed by atoms with van der Waals surface area (Å²) in [6.07, 6.45) is 13.3. The summed E-state index contributed by atoms with van der Waals surface area (Å²) in [6.45, 7) is 2.16. The molecule has 0 radical (unpaired) electrons. The Morgan fingerprint density at radius 2 is 1.64 bits per heavy atom. The fourth-order valence-corrected chi connectivity index (χ4v) is 2.32. The molecule has 1 atom stereocenters. The molecule has 0 saturated carbocycles. The Hall–Kier alpha value is -1.01. The first-order chi connectivity index (χ1) is 10.7. The highest BCUT2D eigenvalue weighted by molar-refractivity contribution is 5.68. The number of ether oxygens (including phenoxy) is 1. The summed E-state index contributed by atoms with van der Waals surface area (Å²) < 4.78 is 4.61. The van der Waals surface area contributed by atoms with Crippen molar-refractivity contribution in [3.05, 3.63) is 0 Å². The molecule has 0 aromatic carbocycles. The Kier molecular flexibility index (Phi) is 15.6. The second-order valence-corrected chi connectivity index (χ2v) is 5.88. The minimum atomic E-state index is -0.429. The molecule has 0 fully saturated rings. The molecule has 0 heterocycles. The lowest BCUT2D eigenvalue weighted by molar-refractivity contribution is -0.140. The van der Waals surface area contributed by atoms with Gasteiger partial charge in [0.2, 0.25) is 0 Å². The second-order valence-electron chi connectivity index (χ2n) is 5.88. The first kappa shape index (κ1) is 21.0. The minimum Gasteiger partial charge on any atom is -0.469 e. The van der Waals surface area contributed by atoms with E-state index in [4.69, 9.17) is 0 Å². The van der Waals surface area contributed by atoms with E-state index in [0.717, 1.165) is 38.5 Å². The maximum Gasteiger partial charge on any atom is 0.305 e. The van der Waals surface area contributed by atoms with Crippen molar-refractivity contribution in [2.45, 2.75) is 96.5 Å². The molecule has 0 aromatic heterocycles. The number of aliphatic hydroxyl groups excluding tert-OH is 1. The molecular formula is C19H34O3. The monoisotopic (exact) mass is 310 g/mol. The van der Waals surface area contributed by atoms with Gasteiger partial charge in [-0.3, -0.25) is 4.79 Å². The van der Waals surface area contributed by atoms with Crippen LogP contribution in [-0.2, 0) is 9.53 Å². The molecule has 0 aliphatic carbocycles. The predicted molar refractivity (Wildman–Crippen MR) is 91.5 cm³/mol. The molecule has 0 spiro atoms. The quantitative estimate of drug-likeness (QED) is 0.307. The van der Waals surface area contributed by atoms with Crippen molar-refractivity contribution >= 4 is 5.97 Å². The number of hydrogen-bond donors (Lipinski definition) is 1. The summed E-state index contributed by atoms with van der Waals surface area (Å²) in [5.74, 6) is 5.93. The normalized spacial score (nSPS) is 11.6. The van der Waals surface area contributed by atoms with Gasteiger partial charge in [0.05, 0.1) is 7.11 Å². The van der Waals surface area contributed by atoms with Gasteiger partial charge in [0.15, 0.2) is 0 Å². The lowest BCUT2D eigenvalue weighted by Gasteiger charge is -2.02. The number of carbonyl (C=O) groups excluding carboxylic acids is 1. The van der Waals surface area contributed by atoms with Gasteiger partial charge in [-0.1, -0.05) is 57.8 Å². The van der Waals surface area contributed by atoms with Gasteiger partial charge in [-0.15, -0.1) is 5.92 Å². The third-order valence-electron chi connectivity index (χ3n) is 3.76. The summed E-state index contributed by atoms with van der Waals surface area (Å²) in [7, 11) is 1.44. The molecular weight excluding hydrogens is 276 g/mol. The van der Waals surface area contributed by atoms with Crippen LogP contribution >= 0.6 is 0 Å². The van der Waals surface area contributed by atoms with Crippen molar-refractivity contribution in [1.29, 1.82) is 0 Å². The largest absolute Gasteiger partial charge is 0.469 e. The predicted octanol–water partition coefficient (Wildman–Crippen LogP) is 4.61. The second kappa shape index (κ2) is 16.4. The molecule has 3 heteroatoms. The molecule has 0 aliphatic rings. The van der Waals surface area contributed by atoms with Crippen molar-refractivity contribution in [2.24, 2.45) is 0 Å². The first-order valence-electron chi connectivity index (χ1n) is 8.94. The van der Waals surface area contributed by atoms with Crippen molar-refractivity contribution in [3.63, 3.8) is 0 Å². The standard InChI is InChI=1S/C19H34O3/c1-3-4-12-15-18(20)16-13-10-8-6-5-7-9-11-14-17-19(21)22-2/h18,20H,3-12,14-15,17H2,1-2H3/t18-/m1/s1. The van der Waals surface area contributed by atoms with Gasteiger partial charge < -0.3 is 9.84 Å². The summed E-state index contributed by atoms with van der Waals surface area (Å²) in [5, 5.41) is 9.65. The van der Waals surface area contributed by atoms with E-state index in [2.05, 4.69) is 23.5 Å². The number of esters is 1. The molecule has 0 saturated heterocycles. The van der Waals surface area contributed by atoms with E-state index >= 15 is 0 Å². The summed E-state index contributed by atoms with van der Waals surface area (Å²) in [4.78, 5) is 10.9. The zero-order valence-corrected chi connectivity index (χ0v) is 14.5. The fraction of sp³-hybridized carbons (Fsp3) is 0.842. The van der Waals surface area contributed by atoms with E-state index < -0.39 is 6.10 Å².